The molecule has 4 nitrogen and oxygen atoms in total. The Morgan fingerprint density at radius 2 is 1.80 bits per heavy atom. The lowest BCUT2D eigenvalue weighted by Gasteiger charge is -2.25. The quantitative estimate of drug-likeness (QED) is 0.506. The van der Waals surface area contributed by atoms with E-state index >= 15 is 0 Å². The second-order valence-electron chi connectivity index (χ2n) is 3.40. The molecule has 84 valence electrons. The summed E-state index contributed by atoms with van der Waals surface area (Å²) in [5, 5.41) is 1.92. The van der Waals surface area contributed by atoms with Crippen molar-refractivity contribution in [3.63, 3.8) is 0 Å². The first kappa shape index (κ1) is 11.8. The lowest BCUT2D eigenvalue weighted by molar-refractivity contribution is 0.550. The number of nitrogens with two attached hydrogens (primary N) is 1. The molecule has 0 aliphatic heterocycles. The highest BCUT2D eigenvalue weighted by molar-refractivity contribution is 5.57. The van der Waals surface area contributed by atoms with Crippen molar-refractivity contribution in [2.75, 3.05) is 23.9 Å². The van der Waals surface area contributed by atoms with Gasteiger partial charge >= 0.3 is 0 Å². The fourth-order valence-electron chi connectivity index (χ4n) is 1.35. The molecule has 0 fully saturated rings. The Morgan fingerprint density at radius 3 is 2.27 bits per heavy atom. The summed E-state index contributed by atoms with van der Waals surface area (Å²) >= 11 is 0. The van der Waals surface area contributed by atoms with Gasteiger partial charge in [0.25, 0.3) is 0 Å². The number of hydrogen-bond donors (Lipinski definition) is 3. The fraction of sp³-hybridized carbons (Fsp3) is 0.455. The van der Waals surface area contributed by atoms with E-state index in [9.17, 15) is 0 Å². The van der Waals surface area contributed by atoms with Gasteiger partial charge in [-0.3, -0.25) is 0 Å². The summed E-state index contributed by atoms with van der Waals surface area (Å²) in [6.45, 7) is 7.88. The Balaban J connectivity index is 2.85. The first-order valence-corrected chi connectivity index (χ1v) is 5.32. The third kappa shape index (κ3) is 3.11. The zero-order valence-corrected chi connectivity index (χ0v) is 9.67. The average molecular weight is 208 g/mol. The number of anilines is 2. The zero-order chi connectivity index (χ0) is 11.3. The van der Waals surface area contributed by atoms with Gasteiger partial charge in [-0.2, -0.15) is 0 Å². The van der Waals surface area contributed by atoms with Crippen LogP contribution in [0.1, 0.15) is 19.4 Å². The Labute approximate surface area is 91.4 Å². The maximum Gasteiger partial charge on any atom is 0.0706 e. The number of rotatable bonds is 5. The normalized spacial score (nSPS) is 10.3. The SMILES string of the molecule is CCNN(NCC)c1ccc(N)c(C)c1. The largest absolute Gasteiger partial charge is 0.399 e. The van der Waals surface area contributed by atoms with Crippen LogP contribution in [0.4, 0.5) is 11.4 Å². The fourth-order valence-corrected chi connectivity index (χ4v) is 1.35. The molecule has 4 heteroatoms. The summed E-state index contributed by atoms with van der Waals surface area (Å²) in [5.41, 5.74) is 15.2. The standard InChI is InChI=1S/C11H20N4/c1-4-13-15(14-5-2)10-6-7-11(12)9(3)8-10/h6-8,13-14H,4-5,12H2,1-3H3. The summed E-state index contributed by atoms with van der Waals surface area (Å²) in [4.78, 5) is 0. The molecule has 0 aliphatic carbocycles. The lowest BCUT2D eigenvalue weighted by Crippen LogP contribution is -2.48. The van der Waals surface area contributed by atoms with Crippen LogP contribution in [0, 0.1) is 6.92 Å². The molecule has 4 N–H and O–H groups in total. The van der Waals surface area contributed by atoms with Gasteiger partial charge in [0.15, 0.2) is 0 Å². The highest BCUT2D eigenvalue weighted by atomic mass is 15.7. The second kappa shape index (κ2) is 5.58. The van der Waals surface area contributed by atoms with E-state index in [4.69, 9.17) is 5.73 Å². The van der Waals surface area contributed by atoms with Gasteiger partial charge in [0.2, 0.25) is 0 Å². The third-order valence-corrected chi connectivity index (χ3v) is 2.14. The van der Waals surface area contributed by atoms with Crippen LogP contribution in [0.25, 0.3) is 0 Å². The molecule has 0 unspecified atom stereocenters. The number of benzene rings is 1. The van der Waals surface area contributed by atoms with Crippen LogP contribution in [0.2, 0.25) is 0 Å². The Kier molecular flexibility index (Phi) is 4.39. The monoisotopic (exact) mass is 208 g/mol. The molecule has 0 aliphatic rings. The van der Waals surface area contributed by atoms with E-state index < -0.39 is 0 Å². The van der Waals surface area contributed by atoms with Crippen molar-refractivity contribution in [1.82, 2.24) is 10.9 Å². The van der Waals surface area contributed by atoms with E-state index in [1.165, 1.54) is 0 Å². The minimum atomic E-state index is 0.826. The maximum absolute atomic E-state index is 5.78. The van der Waals surface area contributed by atoms with E-state index in [2.05, 4.69) is 30.8 Å². The molecule has 0 saturated heterocycles. The van der Waals surface area contributed by atoms with Crippen molar-refractivity contribution in [3.05, 3.63) is 23.8 Å². The Hall–Kier alpha value is -1.26. The van der Waals surface area contributed by atoms with E-state index in [1.54, 1.807) is 0 Å². The van der Waals surface area contributed by atoms with E-state index in [0.29, 0.717) is 0 Å². The van der Waals surface area contributed by atoms with Crippen molar-refractivity contribution in [2.45, 2.75) is 20.8 Å². The van der Waals surface area contributed by atoms with Gasteiger partial charge in [-0.25, -0.2) is 16.0 Å². The van der Waals surface area contributed by atoms with Gasteiger partial charge in [-0.05, 0) is 30.7 Å². The molecular weight excluding hydrogens is 188 g/mol. The topological polar surface area (TPSA) is 53.3 Å². The molecular formula is C11H20N4. The van der Waals surface area contributed by atoms with Gasteiger partial charge in [-0.1, -0.05) is 13.8 Å². The minimum absolute atomic E-state index is 0.826. The van der Waals surface area contributed by atoms with E-state index in [-0.39, 0.29) is 0 Å². The van der Waals surface area contributed by atoms with Crippen LogP contribution in [-0.2, 0) is 0 Å². The molecule has 1 aromatic rings. The summed E-state index contributed by atoms with van der Waals surface area (Å²) < 4.78 is 0. The summed E-state index contributed by atoms with van der Waals surface area (Å²) in [7, 11) is 0. The third-order valence-electron chi connectivity index (χ3n) is 2.14. The van der Waals surface area contributed by atoms with Gasteiger partial charge in [0.05, 0.1) is 5.69 Å². The van der Waals surface area contributed by atoms with Gasteiger partial charge < -0.3 is 5.73 Å². The Bertz CT molecular complexity index is 305. The zero-order valence-electron chi connectivity index (χ0n) is 9.67. The van der Waals surface area contributed by atoms with Gasteiger partial charge in [-0.15, -0.1) is 0 Å². The number of nitrogens with one attached hydrogen (secondary N) is 2. The van der Waals surface area contributed by atoms with Crippen molar-refractivity contribution < 1.29 is 0 Å². The van der Waals surface area contributed by atoms with Crippen LogP contribution in [0.3, 0.4) is 0 Å². The van der Waals surface area contributed by atoms with Gasteiger partial charge in [0.1, 0.15) is 0 Å². The second-order valence-corrected chi connectivity index (χ2v) is 3.40. The van der Waals surface area contributed by atoms with Crippen LogP contribution in [-0.4, -0.2) is 13.1 Å². The summed E-state index contributed by atoms with van der Waals surface area (Å²) in [5.74, 6) is 0. The average Bonchev–Trinajstić information content (AvgIpc) is 2.22. The van der Waals surface area contributed by atoms with Crippen molar-refractivity contribution in [1.29, 1.82) is 0 Å². The molecule has 1 aromatic carbocycles. The number of hydrogen-bond acceptors (Lipinski definition) is 4. The smallest absolute Gasteiger partial charge is 0.0706 e. The van der Waals surface area contributed by atoms with Gasteiger partial charge in [0, 0.05) is 18.8 Å². The molecule has 0 saturated carbocycles. The number of hydrazine groups is 2. The first-order valence-electron chi connectivity index (χ1n) is 5.32. The number of nitrogens with zero attached hydrogens (tertiary/aromatic N) is 1. The molecule has 0 atom stereocenters. The van der Waals surface area contributed by atoms with Crippen molar-refractivity contribution in [2.24, 2.45) is 0 Å². The molecule has 0 spiro atoms. The Morgan fingerprint density at radius 1 is 1.20 bits per heavy atom. The minimum Gasteiger partial charge on any atom is -0.399 e. The molecule has 0 heterocycles. The first-order chi connectivity index (χ1) is 7.19. The summed E-state index contributed by atoms with van der Waals surface area (Å²) in [6, 6.07) is 5.97. The highest BCUT2D eigenvalue weighted by Gasteiger charge is 2.04. The van der Waals surface area contributed by atoms with Crippen molar-refractivity contribution in [3.8, 4) is 0 Å². The molecule has 0 bridgehead atoms. The maximum atomic E-state index is 5.78. The lowest BCUT2D eigenvalue weighted by atomic mass is 10.2. The predicted molar refractivity (Wildman–Crippen MR) is 65.4 cm³/mol. The summed E-state index contributed by atoms with van der Waals surface area (Å²) in [6.07, 6.45) is 0. The number of aryl methyl sites for hydroxylation is 1. The molecule has 0 aromatic heterocycles. The molecule has 0 radical (unpaired) electrons. The van der Waals surface area contributed by atoms with Crippen LogP contribution in [0.5, 0.6) is 0 Å². The number of nitrogen functional groups attached to an aromatic ring is 1. The molecule has 0 amide bonds. The van der Waals surface area contributed by atoms with Crippen LogP contribution < -0.4 is 21.7 Å². The van der Waals surface area contributed by atoms with Crippen LogP contribution >= 0.6 is 0 Å². The highest BCUT2D eigenvalue weighted by Crippen LogP contribution is 2.18. The van der Waals surface area contributed by atoms with E-state index in [0.717, 1.165) is 30.0 Å². The predicted octanol–water partition coefficient (Wildman–Crippen LogP) is 1.43. The van der Waals surface area contributed by atoms with Crippen LogP contribution in [0.15, 0.2) is 18.2 Å². The van der Waals surface area contributed by atoms with E-state index in [1.807, 2.05) is 24.2 Å². The molecule has 1 rings (SSSR count). The molecule has 15 heavy (non-hydrogen) atoms. The van der Waals surface area contributed by atoms with Crippen molar-refractivity contribution >= 4 is 11.4 Å².